The maximum atomic E-state index is 3.57. The molecule has 1 aromatic rings. The lowest BCUT2D eigenvalue weighted by atomic mass is 9.94. The van der Waals surface area contributed by atoms with E-state index < -0.39 is 0 Å². The van der Waals surface area contributed by atoms with Gasteiger partial charge in [0.05, 0.1) is 0 Å². The second-order valence-corrected chi connectivity index (χ2v) is 6.18. The molecule has 2 aliphatic heterocycles. The highest BCUT2D eigenvalue weighted by atomic mass is 79.9. The fraction of sp³-hybridized carbons (Fsp3) is 0.467. The summed E-state index contributed by atoms with van der Waals surface area (Å²) in [6.45, 7) is 2.16. The van der Waals surface area contributed by atoms with Gasteiger partial charge in [-0.05, 0) is 56.0 Å². The van der Waals surface area contributed by atoms with Crippen molar-refractivity contribution in [1.29, 1.82) is 0 Å². The van der Waals surface area contributed by atoms with Gasteiger partial charge < -0.3 is 0 Å². The molecule has 2 atom stereocenters. The molecule has 2 heterocycles. The Morgan fingerprint density at radius 1 is 1.28 bits per heavy atom. The third-order valence-electron chi connectivity index (χ3n) is 4.27. The van der Waals surface area contributed by atoms with Gasteiger partial charge in [0.2, 0.25) is 0 Å². The van der Waals surface area contributed by atoms with Crippen molar-refractivity contribution in [2.75, 3.05) is 7.05 Å². The molecular weight excluding hydrogens is 310 g/mol. The summed E-state index contributed by atoms with van der Waals surface area (Å²) in [7, 11) is 2.27. The summed E-state index contributed by atoms with van der Waals surface area (Å²) in [6, 6.07) is 8.16. The number of rotatable bonds is 1. The van der Waals surface area contributed by atoms with Crippen LogP contribution in [0.4, 0.5) is 0 Å². The Morgan fingerprint density at radius 2 is 2.06 bits per heavy atom. The van der Waals surface area contributed by atoms with Crippen molar-refractivity contribution in [1.82, 2.24) is 4.90 Å². The van der Waals surface area contributed by atoms with Gasteiger partial charge in [-0.3, -0.25) is 4.90 Å². The zero-order valence-corrected chi connectivity index (χ0v) is 13.2. The molecular formula is C15H19BrClN. The normalized spacial score (nSPS) is 26.7. The number of benzene rings is 1. The fourth-order valence-electron chi connectivity index (χ4n) is 3.10. The minimum absolute atomic E-state index is 0. The molecule has 2 unspecified atom stereocenters. The summed E-state index contributed by atoms with van der Waals surface area (Å²) in [6.07, 6.45) is 6.39. The molecule has 18 heavy (non-hydrogen) atoms. The number of hydrogen-bond acceptors (Lipinski definition) is 1. The number of likely N-dealkylation sites (N-methyl/N-ethyl adjacent to an activating group) is 1. The van der Waals surface area contributed by atoms with E-state index in [0.29, 0.717) is 6.04 Å². The van der Waals surface area contributed by atoms with E-state index in [1.807, 2.05) is 0 Å². The van der Waals surface area contributed by atoms with Crippen molar-refractivity contribution in [2.45, 2.75) is 38.3 Å². The average molecular weight is 329 g/mol. The molecule has 0 spiro atoms. The molecule has 0 N–H and O–H groups in total. The topological polar surface area (TPSA) is 3.24 Å². The van der Waals surface area contributed by atoms with Crippen LogP contribution in [0.3, 0.4) is 0 Å². The number of hydrogen-bond donors (Lipinski definition) is 0. The Kier molecular flexibility index (Phi) is 4.20. The van der Waals surface area contributed by atoms with Crippen LogP contribution in [0.5, 0.6) is 0 Å². The molecule has 0 aromatic heterocycles. The molecule has 1 saturated heterocycles. The van der Waals surface area contributed by atoms with Crippen molar-refractivity contribution in [3.05, 3.63) is 39.9 Å². The predicted octanol–water partition coefficient (Wildman–Crippen LogP) is 4.43. The summed E-state index contributed by atoms with van der Waals surface area (Å²) >= 11 is 3.57. The molecule has 3 rings (SSSR count). The summed E-state index contributed by atoms with van der Waals surface area (Å²) in [5.74, 6) is 0. The van der Waals surface area contributed by atoms with Gasteiger partial charge in [-0.25, -0.2) is 0 Å². The first-order chi connectivity index (χ1) is 8.15. The van der Waals surface area contributed by atoms with Gasteiger partial charge in [-0.15, -0.1) is 12.4 Å². The number of aryl methyl sites for hydroxylation is 1. The van der Waals surface area contributed by atoms with Crippen LogP contribution in [0, 0.1) is 6.92 Å². The van der Waals surface area contributed by atoms with Gasteiger partial charge in [0, 0.05) is 16.6 Å². The Bertz CT molecular complexity index is 483. The molecule has 98 valence electrons. The minimum Gasteiger partial charge on any atom is -0.297 e. The summed E-state index contributed by atoms with van der Waals surface area (Å²) in [5.41, 5.74) is 4.29. The van der Waals surface area contributed by atoms with Crippen LogP contribution in [-0.2, 0) is 0 Å². The molecule has 2 bridgehead atoms. The van der Waals surface area contributed by atoms with Gasteiger partial charge in [-0.1, -0.05) is 34.1 Å². The van der Waals surface area contributed by atoms with Gasteiger partial charge in [-0.2, -0.15) is 0 Å². The number of halogens is 2. The van der Waals surface area contributed by atoms with Crippen LogP contribution in [0.25, 0.3) is 5.57 Å². The van der Waals surface area contributed by atoms with Crippen molar-refractivity contribution >= 4 is 33.9 Å². The first-order valence-corrected chi connectivity index (χ1v) is 7.13. The van der Waals surface area contributed by atoms with Gasteiger partial charge in [0.15, 0.2) is 0 Å². The summed E-state index contributed by atoms with van der Waals surface area (Å²) in [4.78, 5) is 2.54. The first kappa shape index (κ1) is 14.1. The second-order valence-electron chi connectivity index (χ2n) is 5.32. The SMILES string of the molecule is Cc1cc(C2=CC3CCC(C2)N3C)ccc1Br.Cl. The Balaban J connectivity index is 0.00000120. The van der Waals surface area contributed by atoms with Gasteiger partial charge in [0.25, 0.3) is 0 Å². The van der Waals surface area contributed by atoms with E-state index >= 15 is 0 Å². The van der Waals surface area contributed by atoms with Crippen molar-refractivity contribution < 1.29 is 0 Å². The monoisotopic (exact) mass is 327 g/mol. The van der Waals surface area contributed by atoms with E-state index in [1.165, 1.54) is 34.9 Å². The molecule has 0 aliphatic carbocycles. The molecule has 1 aromatic carbocycles. The van der Waals surface area contributed by atoms with E-state index in [4.69, 9.17) is 0 Å². The highest BCUT2D eigenvalue weighted by Crippen LogP contribution is 2.37. The molecule has 1 fully saturated rings. The van der Waals surface area contributed by atoms with Crippen molar-refractivity contribution in [3.63, 3.8) is 0 Å². The van der Waals surface area contributed by atoms with Crippen LogP contribution >= 0.6 is 28.3 Å². The van der Waals surface area contributed by atoms with Crippen LogP contribution in [0.15, 0.2) is 28.7 Å². The fourth-order valence-corrected chi connectivity index (χ4v) is 3.35. The maximum absolute atomic E-state index is 3.57. The second kappa shape index (κ2) is 5.36. The lowest BCUT2D eigenvalue weighted by Gasteiger charge is -2.30. The molecule has 0 radical (unpaired) electrons. The third kappa shape index (κ3) is 2.38. The minimum atomic E-state index is 0. The Labute approximate surface area is 124 Å². The van der Waals surface area contributed by atoms with Crippen LogP contribution in [0.1, 0.15) is 30.4 Å². The standard InChI is InChI=1S/C15H18BrN.ClH/c1-10-7-11(3-6-15(10)16)12-8-13-4-5-14(9-12)17(13)2;/h3,6-8,13-14H,4-5,9H2,1-2H3;1H. The van der Waals surface area contributed by atoms with E-state index in [2.05, 4.69) is 59.1 Å². The maximum Gasteiger partial charge on any atom is 0.0284 e. The number of nitrogens with zero attached hydrogens (tertiary/aromatic N) is 1. The summed E-state index contributed by atoms with van der Waals surface area (Å²) < 4.78 is 1.21. The highest BCUT2D eigenvalue weighted by Gasteiger charge is 2.33. The van der Waals surface area contributed by atoms with Gasteiger partial charge in [0.1, 0.15) is 0 Å². The van der Waals surface area contributed by atoms with E-state index in [1.54, 1.807) is 5.57 Å². The predicted molar refractivity (Wildman–Crippen MR) is 83.3 cm³/mol. The van der Waals surface area contributed by atoms with E-state index in [9.17, 15) is 0 Å². The third-order valence-corrected chi connectivity index (χ3v) is 5.16. The molecule has 0 saturated carbocycles. The molecule has 0 amide bonds. The Hall–Kier alpha value is -0.310. The smallest absolute Gasteiger partial charge is 0.0284 e. The van der Waals surface area contributed by atoms with Crippen LogP contribution in [0.2, 0.25) is 0 Å². The van der Waals surface area contributed by atoms with Crippen molar-refractivity contribution in [2.24, 2.45) is 0 Å². The molecule has 1 nitrogen and oxygen atoms in total. The highest BCUT2D eigenvalue weighted by molar-refractivity contribution is 9.10. The largest absolute Gasteiger partial charge is 0.297 e. The molecule has 2 aliphatic rings. The van der Waals surface area contributed by atoms with E-state index in [-0.39, 0.29) is 12.4 Å². The van der Waals surface area contributed by atoms with Gasteiger partial charge >= 0.3 is 0 Å². The van der Waals surface area contributed by atoms with E-state index in [0.717, 1.165) is 6.04 Å². The average Bonchev–Trinajstić information content (AvgIpc) is 2.55. The first-order valence-electron chi connectivity index (χ1n) is 6.34. The lowest BCUT2D eigenvalue weighted by Crippen LogP contribution is -2.34. The molecule has 3 heteroatoms. The lowest BCUT2D eigenvalue weighted by molar-refractivity contribution is 0.264. The van der Waals surface area contributed by atoms with Crippen molar-refractivity contribution in [3.8, 4) is 0 Å². The number of fused-ring (bicyclic) bond motifs is 2. The Morgan fingerprint density at radius 3 is 2.72 bits per heavy atom. The van der Waals surface area contributed by atoms with Crippen LogP contribution < -0.4 is 0 Å². The quantitative estimate of drug-likeness (QED) is 0.737. The zero-order chi connectivity index (χ0) is 12.0. The van der Waals surface area contributed by atoms with Crippen LogP contribution in [-0.4, -0.2) is 24.0 Å². The summed E-state index contributed by atoms with van der Waals surface area (Å²) in [5, 5.41) is 0. The zero-order valence-electron chi connectivity index (χ0n) is 10.8.